The van der Waals surface area contributed by atoms with Gasteiger partial charge in [0.15, 0.2) is 0 Å². The number of thioether (sulfide) groups is 1. The molecular weight excluding hydrogens is 228 g/mol. The van der Waals surface area contributed by atoms with Crippen LogP contribution in [-0.2, 0) is 0 Å². The third-order valence-electron chi connectivity index (χ3n) is 1.71. The van der Waals surface area contributed by atoms with Crippen molar-refractivity contribution >= 4 is 17.4 Å². The first-order valence-corrected chi connectivity index (χ1v) is 5.67. The number of ether oxygens (including phenoxy) is 1. The van der Waals surface area contributed by atoms with Crippen LogP contribution in [0.4, 0.5) is 5.69 Å². The lowest BCUT2D eigenvalue weighted by Crippen LogP contribution is -2.02. The third-order valence-corrected chi connectivity index (χ3v) is 2.35. The Kier molecular flexibility index (Phi) is 4.61. The van der Waals surface area contributed by atoms with Crippen LogP contribution in [0.2, 0.25) is 0 Å². The summed E-state index contributed by atoms with van der Waals surface area (Å²) in [5, 5.41) is 11.4. The van der Waals surface area contributed by atoms with Crippen LogP contribution in [0.25, 0.3) is 0 Å². The Balaban J connectivity index is 2.92. The number of nitro groups is 1. The van der Waals surface area contributed by atoms with E-state index >= 15 is 0 Å². The summed E-state index contributed by atoms with van der Waals surface area (Å²) in [6.45, 7) is 0.224. The van der Waals surface area contributed by atoms with Crippen LogP contribution in [0.15, 0.2) is 17.2 Å². The number of rotatable bonds is 5. The Labute approximate surface area is 97.4 Å². The maximum Gasteiger partial charge on any atom is 0.331 e. The van der Waals surface area contributed by atoms with E-state index in [4.69, 9.17) is 11.2 Å². The number of terminal acetylenes is 1. The topological polar surface area (TPSA) is 65.3 Å². The Hall–Kier alpha value is -1.74. The van der Waals surface area contributed by atoms with E-state index < -0.39 is 4.92 Å². The zero-order valence-electron chi connectivity index (χ0n) is 8.67. The van der Waals surface area contributed by atoms with Crippen LogP contribution >= 0.6 is 11.8 Å². The van der Waals surface area contributed by atoms with Crippen molar-refractivity contribution in [1.29, 1.82) is 0 Å². The smallest absolute Gasteiger partial charge is 0.331 e. The fourth-order valence-corrected chi connectivity index (χ4v) is 1.36. The molecule has 1 rings (SSSR count). The molecule has 0 atom stereocenters. The second-order valence-electron chi connectivity index (χ2n) is 2.74. The lowest BCUT2D eigenvalue weighted by atomic mass is 10.4. The summed E-state index contributed by atoms with van der Waals surface area (Å²) in [5.74, 6) is 2.41. The van der Waals surface area contributed by atoms with Gasteiger partial charge in [-0.1, -0.05) is 0 Å². The molecule has 1 heterocycles. The van der Waals surface area contributed by atoms with Gasteiger partial charge in [-0.25, -0.2) is 4.98 Å². The maximum absolute atomic E-state index is 10.7. The quantitative estimate of drug-likeness (QED) is 0.258. The summed E-state index contributed by atoms with van der Waals surface area (Å²) >= 11 is 1.39. The average molecular weight is 238 g/mol. The largest absolute Gasteiger partial charge is 0.472 e. The van der Waals surface area contributed by atoms with Gasteiger partial charge in [-0.15, -0.1) is 24.1 Å². The standard InChI is InChI=1S/C10H10N2O3S/c1-3-4-7-15-10-8(12(13)14)5-6-9(11-10)16-2/h1,5-6H,4,7H2,2H3. The molecule has 0 bridgehead atoms. The number of pyridine rings is 1. The van der Waals surface area contributed by atoms with Crippen molar-refractivity contribution in [3.63, 3.8) is 0 Å². The van der Waals surface area contributed by atoms with Gasteiger partial charge >= 0.3 is 5.69 Å². The van der Waals surface area contributed by atoms with Gasteiger partial charge < -0.3 is 4.74 Å². The van der Waals surface area contributed by atoms with E-state index in [1.54, 1.807) is 6.07 Å². The first kappa shape index (κ1) is 12.3. The van der Waals surface area contributed by atoms with Crippen molar-refractivity contribution in [2.24, 2.45) is 0 Å². The number of nitrogens with zero attached hydrogens (tertiary/aromatic N) is 2. The highest BCUT2D eigenvalue weighted by molar-refractivity contribution is 7.98. The van der Waals surface area contributed by atoms with Gasteiger partial charge in [0.25, 0.3) is 5.88 Å². The summed E-state index contributed by atoms with van der Waals surface area (Å²) < 4.78 is 5.17. The maximum atomic E-state index is 10.7. The molecule has 0 saturated heterocycles. The van der Waals surface area contributed by atoms with Crippen LogP contribution < -0.4 is 4.74 Å². The summed E-state index contributed by atoms with van der Waals surface area (Å²) in [6.07, 6.45) is 7.28. The van der Waals surface area contributed by atoms with E-state index in [1.807, 2.05) is 6.26 Å². The Morgan fingerprint density at radius 3 is 3.00 bits per heavy atom. The molecule has 1 aromatic rings. The molecule has 0 aliphatic rings. The van der Waals surface area contributed by atoms with Crippen molar-refractivity contribution in [3.05, 3.63) is 22.2 Å². The van der Waals surface area contributed by atoms with E-state index in [1.165, 1.54) is 17.8 Å². The predicted octanol–water partition coefficient (Wildman–Crippen LogP) is 2.11. The highest BCUT2D eigenvalue weighted by atomic mass is 32.2. The fourth-order valence-electron chi connectivity index (χ4n) is 0.982. The number of hydrogen-bond acceptors (Lipinski definition) is 5. The zero-order chi connectivity index (χ0) is 12.0. The Morgan fingerprint density at radius 2 is 2.44 bits per heavy atom. The molecule has 0 aromatic carbocycles. The van der Waals surface area contributed by atoms with Gasteiger partial charge in [0.1, 0.15) is 11.6 Å². The van der Waals surface area contributed by atoms with E-state index in [0.717, 1.165) is 0 Å². The summed E-state index contributed by atoms with van der Waals surface area (Å²) in [7, 11) is 0. The van der Waals surface area contributed by atoms with Crippen molar-refractivity contribution in [2.45, 2.75) is 11.4 Å². The molecular formula is C10H10N2O3S. The van der Waals surface area contributed by atoms with Crippen LogP contribution in [0.1, 0.15) is 6.42 Å². The molecule has 0 spiro atoms. The van der Waals surface area contributed by atoms with Gasteiger partial charge in [0, 0.05) is 12.5 Å². The minimum atomic E-state index is -0.525. The van der Waals surface area contributed by atoms with Crippen molar-refractivity contribution in [2.75, 3.05) is 12.9 Å². The van der Waals surface area contributed by atoms with Crippen molar-refractivity contribution in [1.82, 2.24) is 4.98 Å². The molecule has 0 aliphatic carbocycles. The molecule has 0 saturated carbocycles. The van der Waals surface area contributed by atoms with Crippen LogP contribution in [0.3, 0.4) is 0 Å². The van der Waals surface area contributed by atoms with E-state index in [2.05, 4.69) is 10.9 Å². The highest BCUT2D eigenvalue weighted by Gasteiger charge is 2.17. The van der Waals surface area contributed by atoms with Gasteiger partial charge in [-0.2, -0.15) is 0 Å². The molecule has 5 nitrogen and oxygen atoms in total. The molecule has 0 fully saturated rings. The minimum Gasteiger partial charge on any atom is -0.472 e. The van der Waals surface area contributed by atoms with Crippen molar-refractivity contribution in [3.8, 4) is 18.2 Å². The molecule has 16 heavy (non-hydrogen) atoms. The van der Waals surface area contributed by atoms with Gasteiger partial charge in [-0.05, 0) is 12.3 Å². The monoisotopic (exact) mass is 238 g/mol. The fraction of sp³-hybridized carbons (Fsp3) is 0.300. The van der Waals surface area contributed by atoms with E-state index in [-0.39, 0.29) is 18.2 Å². The molecule has 1 aromatic heterocycles. The van der Waals surface area contributed by atoms with Gasteiger partial charge in [0.2, 0.25) is 0 Å². The molecule has 0 N–H and O–H groups in total. The normalized spacial score (nSPS) is 9.50. The second kappa shape index (κ2) is 5.98. The summed E-state index contributed by atoms with van der Waals surface area (Å²) in [5.41, 5.74) is -0.144. The molecule has 84 valence electrons. The first-order chi connectivity index (χ1) is 7.69. The highest BCUT2D eigenvalue weighted by Crippen LogP contribution is 2.27. The van der Waals surface area contributed by atoms with E-state index in [9.17, 15) is 10.1 Å². The van der Waals surface area contributed by atoms with E-state index in [0.29, 0.717) is 11.4 Å². The average Bonchev–Trinajstić information content (AvgIpc) is 2.29. The number of aromatic nitrogens is 1. The predicted molar refractivity (Wildman–Crippen MR) is 61.6 cm³/mol. The van der Waals surface area contributed by atoms with Gasteiger partial charge in [-0.3, -0.25) is 10.1 Å². The molecule has 6 heteroatoms. The molecule has 0 amide bonds. The lowest BCUT2D eigenvalue weighted by Gasteiger charge is -2.04. The van der Waals surface area contributed by atoms with Crippen LogP contribution in [-0.4, -0.2) is 22.8 Å². The summed E-state index contributed by atoms with van der Waals surface area (Å²) in [6, 6.07) is 2.96. The third kappa shape index (κ3) is 3.14. The number of hydrogen-bond donors (Lipinski definition) is 0. The molecule has 0 radical (unpaired) electrons. The lowest BCUT2D eigenvalue weighted by molar-refractivity contribution is -0.386. The van der Waals surface area contributed by atoms with Crippen molar-refractivity contribution < 1.29 is 9.66 Å². The molecule has 0 unspecified atom stereocenters. The molecule has 0 aliphatic heterocycles. The Morgan fingerprint density at radius 1 is 1.69 bits per heavy atom. The van der Waals surface area contributed by atoms with Gasteiger partial charge in [0.05, 0.1) is 4.92 Å². The SMILES string of the molecule is C#CCCOc1nc(SC)ccc1[N+](=O)[O-]. The zero-order valence-corrected chi connectivity index (χ0v) is 9.49. The summed E-state index contributed by atoms with van der Waals surface area (Å²) in [4.78, 5) is 14.2. The second-order valence-corrected chi connectivity index (χ2v) is 3.56. The minimum absolute atomic E-state index is 0.0205. The van der Waals surface area contributed by atoms with Crippen LogP contribution in [0, 0.1) is 22.5 Å². The Bertz CT molecular complexity index is 429. The van der Waals surface area contributed by atoms with Crippen LogP contribution in [0.5, 0.6) is 5.88 Å². The first-order valence-electron chi connectivity index (χ1n) is 4.44.